The Morgan fingerprint density at radius 2 is 2.07 bits per heavy atom. The maximum absolute atomic E-state index is 11.8. The van der Waals surface area contributed by atoms with Crippen LogP contribution in [0.1, 0.15) is 23.7 Å². The number of carbonyl (C=O) groups excluding carboxylic acids is 3. The summed E-state index contributed by atoms with van der Waals surface area (Å²) in [5.74, 6) is -1.51. The van der Waals surface area contributed by atoms with Crippen molar-refractivity contribution in [2.75, 3.05) is 18.5 Å². The van der Waals surface area contributed by atoms with Gasteiger partial charge in [0.1, 0.15) is 0 Å². The largest absolute Gasteiger partial charge is 0.466 e. The van der Waals surface area contributed by atoms with Crippen molar-refractivity contribution in [3.05, 3.63) is 52.5 Å². The average Bonchev–Trinajstić information content (AvgIpc) is 3.05. The molecule has 1 amide bonds. The zero-order valence-corrected chi connectivity index (χ0v) is 15.9. The van der Waals surface area contributed by atoms with Crippen molar-refractivity contribution in [2.45, 2.75) is 20.3 Å². The minimum absolute atomic E-state index is 0.0406. The van der Waals surface area contributed by atoms with Crippen LogP contribution < -0.4 is 5.32 Å². The van der Waals surface area contributed by atoms with Crippen molar-refractivity contribution in [3.63, 3.8) is 0 Å². The van der Waals surface area contributed by atoms with Gasteiger partial charge in [0, 0.05) is 11.5 Å². The summed E-state index contributed by atoms with van der Waals surface area (Å²) in [6, 6.07) is 7.63. The Balaban J connectivity index is 1.76. The van der Waals surface area contributed by atoms with Gasteiger partial charge in [-0.2, -0.15) is 0 Å². The summed E-state index contributed by atoms with van der Waals surface area (Å²) in [6.45, 7) is 3.55. The Morgan fingerprint density at radius 3 is 2.81 bits per heavy atom. The highest BCUT2D eigenvalue weighted by molar-refractivity contribution is 7.13. The number of carbonyl (C=O) groups is 3. The maximum Gasteiger partial charge on any atom is 0.331 e. The Hall–Kier alpha value is -3.00. The third-order valence-electron chi connectivity index (χ3n) is 3.23. The number of ether oxygens (including phenoxy) is 2. The molecule has 1 heterocycles. The number of amides is 1. The molecule has 7 nitrogen and oxygen atoms in total. The normalized spacial score (nSPS) is 10.6. The number of nitrogens with zero attached hydrogens (tertiary/aromatic N) is 1. The first-order valence-corrected chi connectivity index (χ1v) is 9.15. The first-order valence-electron chi connectivity index (χ1n) is 8.27. The molecule has 0 aliphatic carbocycles. The van der Waals surface area contributed by atoms with Gasteiger partial charge in [-0.1, -0.05) is 29.8 Å². The van der Waals surface area contributed by atoms with Crippen LogP contribution in [0.25, 0.3) is 6.08 Å². The fourth-order valence-electron chi connectivity index (χ4n) is 2.08. The van der Waals surface area contributed by atoms with Crippen molar-refractivity contribution < 1.29 is 23.9 Å². The van der Waals surface area contributed by atoms with Gasteiger partial charge in [0.25, 0.3) is 5.91 Å². The van der Waals surface area contributed by atoms with E-state index >= 15 is 0 Å². The first-order chi connectivity index (χ1) is 13.0. The summed E-state index contributed by atoms with van der Waals surface area (Å²) in [5.41, 5.74) is 2.45. The van der Waals surface area contributed by atoms with Crippen LogP contribution in [0.2, 0.25) is 0 Å². The van der Waals surface area contributed by atoms with Crippen LogP contribution in [0.15, 0.2) is 35.7 Å². The highest BCUT2D eigenvalue weighted by atomic mass is 32.1. The molecule has 27 heavy (non-hydrogen) atoms. The number of aryl methyl sites for hydroxylation is 1. The van der Waals surface area contributed by atoms with Crippen LogP contribution in [0.5, 0.6) is 0 Å². The first kappa shape index (κ1) is 20.3. The SMILES string of the molecule is CCOC(=O)Cc1csc(NC(=O)COC(=O)/C=C/c2cccc(C)c2)n1. The monoisotopic (exact) mass is 388 g/mol. The van der Waals surface area contributed by atoms with Crippen LogP contribution in [0, 0.1) is 6.92 Å². The molecular weight excluding hydrogens is 368 g/mol. The zero-order chi connectivity index (χ0) is 19.6. The van der Waals surface area contributed by atoms with Crippen LogP contribution in [-0.4, -0.2) is 36.0 Å². The highest BCUT2D eigenvalue weighted by Gasteiger charge is 2.11. The summed E-state index contributed by atoms with van der Waals surface area (Å²) in [6.07, 6.45) is 2.93. The number of thiazole rings is 1. The molecule has 142 valence electrons. The number of esters is 2. The third-order valence-corrected chi connectivity index (χ3v) is 4.03. The van der Waals surface area contributed by atoms with Crippen LogP contribution in [-0.2, 0) is 30.3 Å². The molecule has 0 aliphatic rings. The summed E-state index contributed by atoms with van der Waals surface area (Å²) in [5, 5.41) is 4.50. The molecule has 0 saturated carbocycles. The van der Waals surface area contributed by atoms with E-state index in [1.165, 1.54) is 17.4 Å². The summed E-state index contributed by atoms with van der Waals surface area (Å²) >= 11 is 1.18. The smallest absolute Gasteiger partial charge is 0.331 e. The average molecular weight is 388 g/mol. The van der Waals surface area contributed by atoms with Crippen LogP contribution >= 0.6 is 11.3 Å². The van der Waals surface area contributed by atoms with Gasteiger partial charge in [0.05, 0.1) is 18.7 Å². The fourth-order valence-corrected chi connectivity index (χ4v) is 2.81. The molecular formula is C19H20N2O5S. The van der Waals surface area contributed by atoms with E-state index in [-0.39, 0.29) is 12.4 Å². The summed E-state index contributed by atoms with van der Waals surface area (Å²) < 4.78 is 9.73. The predicted octanol–water partition coefficient (Wildman–Crippen LogP) is 2.75. The van der Waals surface area contributed by atoms with Crippen molar-refractivity contribution >= 4 is 40.4 Å². The van der Waals surface area contributed by atoms with E-state index in [2.05, 4.69) is 10.3 Å². The Morgan fingerprint density at radius 1 is 1.26 bits per heavy atom. The maximum atomic E-state index is 11.8. The Labute approximate surface area is 161 Å². The lowest BCUT2D eigenvalue weighted by atomic mass is 10.1. The van der Waals surface area contributed by atoms with Crippen molar-refractivity contribution in [2.24, 2.45) is 0 Å². The second-order valence-corrected chi connectivity index (χ2v) is 6.39. The molecule has 0 fully saturated rings. The summed E-state index contributed by atoms with van der Waals surface area (Å²) in [4.78, 5) is 39.0. The van der Waals surface area contributed by atoms with Crippen molar-refractivity contribution in [3.8, 4) is 0 Å². The molecule has 1 N–H and O–H groups in total. The number of benzene rings is 1. The minimum Gasteiger partial charge on any atom is -0.466 e. The van der Waals surface area contributed by atoms with Gasteiger partial charge in [-0.3, -0.25) is 14.9 Å². The second kappa shape index (κ2) is 10.2. The van der Waals surface area contributed by atoms with Gasteiger partial charge in [-0.15, -0.1) is 11.3 Å². The van der Waals surface area contributed by atoms with Crippen LogP contribution in [0.4, 0.5) is 5.13 Å². The summed E-state index contributed by atoms with van der Waals surface area (Å²) in [7, 11) is 0. The highest BCUT2D eigenvalue weighted by Crippen LogP contribution is 2.16. The number of hydrogen-bond acceptors (Lipinski definition) is 7. The van der Waals surface area contributed by atoms with Crippen molar-refractivity contribution in [1.29, 1.82) is 0 Å². The van der Waals surface area contributed by atoms with Gasteiger partial charge in [-0.25, -0.2) is 9.78 Å². The van der Waals surface area contributed by atoms with E-state index in [0.29, 0.717) is 17.4 Å². The lowest BCUT2D eigenvalue weighted by molar-refractivity contribution is -0.142. The molecule has 0 radical (unpaired) electrons. The van der Waals surface area contributed by atoms with E-state index in [1.54, 1.807) is 18.4 Å². The number of aromatic nitrogens is 1. The molecule has 0 unspecified atom stereocenters. The Kier molecular flexibility index (Phi) is 7.69. The van der Waals surface area contributed by atoms with Crippen LogP contribution in [0.3, 0.4) is 0 Å². The standard InChI is InChI=1S/C19H20N2O5S/c1-3-25-18(24)10-15-12-27-19(20-15)21-16(22)11-26-17(23)8-7-14-6-4-5-13(2)9-14/h4-9,12H,3,10-11H2,1-2H3,(H,20,21,22)/b8-7+. The van der Waals surface area contributed by atoms with Gasteiger partial charge >= 0.3 is 11.9 Å². The van der Waals surface area contributed by atoms with Gasteiger partial charge in [0.15, 0.2) is 11.7 Å². The molecule has 1 aromatic carbocycles. The number of anilines is 1. The molecule has 8 heteroatoms. The van der Waals surface area contributed by atoms with E-state index in [0.717, 1.165) is 11.1 Å². The fraction of sp³-hybridized carbons (Fsp3) is 0.263. The van der Waals surface area contributed by atoms with Crippen molar-refractivity contribution in [1.82, 2.24) is 4.98 Å². The molecule has 2 aromatic rings. The van der Waals surface area contributed by atoms with E-state index < -0.39 is 18.5 Å². The van der Waals surface area contributed by atoms with E-state index in [1.807, 2.05) is 31.2 Å². The molecule has 0 atom stereocenters. The lowest BCUT2D eigenvalue weighted by Crippen LogP contribution is -2.20. The number of nitrogens with one attached hydrogen (secondary N) is 1. The molecule has 0 bridgehead atoms. The molecule has 0 aliphatic heterocycles. The van der Waals surface area contributed by atoms with Gasteiger partial charge < -0.3 is 9.47 Å². The van der Waals surface area contributed by atoms with Gasteiger partial charge in [0.2, 0.25) is 0 Å². The Bertz CT molecular complexity index is 844. The predicted molar refractivity (Wildman–Crippen MR) is 102 cm³/mol. The second-order valence-electron chi connectivity index (χ2n) is 5.53. The molecule has 1 aromatic heterocycles. The van der Waals surface area contributed by atoms with Gasteiger partial charge in [-0.05, 0) is 25.5 Å². The zero-order valence-electron chi connectivity index (χ0n) is 15.1. The number of rotatable bonds is 8. The molecule has 2 rings (SSSR count). The van der Waals surface area contributed by atoms with E-state index in [4.69, 9.17) is 9.47 Å². The number of hydrogen-bond donors (Lipinski definition) is 1. The third kappa shape index (κ3) is 7.41. The molecule has 0 spiro atoms. The molecule has 0 saturated heterocycles. The quantitative estimate of drug-likeness (QED) is 0.552. The minimum atomic E-state index is -0.617. The lowest BCUT2D eigenvalue weighted by Gasteiger charge is -2.02. The topological polar surface area (TPSA) is 94.6 Å². The van der Waals surface area contributed by atoms with E-state index in [9.17, 15) is 14.4 Å².